The summed E-state index contributed by atoms with van der Waals surface area (Å²) in [5.41, 5.74) is 9.08. The van der Waals surface area contributed by atoms with Crippen LogP contribution in [-0.2, 0) is 22.6 Å². The van der Waals surface area contributed by atoms with Gasteiger partial charge in [-0.15, -0.1) is 0 Å². The van der Waals surface area contributed by atoms with Crippen LogP contribution in [0.1, 0.15) is 37.3 Å². The van der Waals surface area contributed by atoms with Crippen LogP contribution in [0.4, 0.5) is 5.69 Å². The SMILES string of the molecule is CCc1cccc(NC(N)=NCCCCC(=O)OCc2ccccc2)c1. The van der Waals surface area contributed by atoms with Gasteiger partial charge in [-0.05, 0) is 42.5 Å². The van der Waals surface area contributed by atoms with Gasteiger partial charge in [0.1, 0.15) is 6.61 Å². The number of anilines is 1. The maximum atomic E-state index is 11.7. The lowest BCUT2D eigenvalue weighted by Crippen LogP contribution is -2.22. The van der Waals surface area contributed by atoms with Gasteiger partial charge in [-0.25, -0.2) is 0 Å². The molecule has 0 fully saturated rings. The molecule has 2 aromatic rings. The van der Waals surface area contributed by atoms with Gasteiger partial charge in [0, 0.05) is 18.7 Å². The molecule has 0 aliphatic carbocycles. The number of nitrogens with zero attached hydrogens (tertiary/aromatic N) is 1. The summed E-state index contributed by atoms with van der Waals surface area (Å²) in [5.74, 6) is 0.213. The third kappa shape index (κ3) is 7.38. The molecule has 2 rings (SSSR count). The molecule has 0 amide bonds. The van der Waals surface area contributed by atoms with E-state index in [9.17, 15) is 4.79 Å². The van der Waals surface area contributed by atoms with Crippen molar-refractivity contribution in [3.05, 3.63) is 65.7 Å². The maximum absolute atomic E-state index is 11.7. The molecule has 5 nitrogen and oxygen atoms in total. The van der Waals surface area contributed by atoms with E-state index in [4.69, 9.17) is 10.5 Å². The average molecular weight is 353 g/mol. The average Bonchev–Trinajstić information content (AvgIpc) is 2.67. The summed E-state index contributed by atoms with van der Waals surface area (Å²) >= 11 is 0. The van der Waals surface area contributed by atoms with Crippen LogP contribution in [0.15, 0.2) is 59.6 Å². The van der Waals surface area contributed by atoms with Crippen molar-refractivity contribution in [1.29, 1.82) is 0 Å². The number of benzene rings is 2. The van der Waals surface area contributed by atoms with E-state index in [0.29, 0.717) is 25.5 Å². The minimum absolute atomic E-state index is 0.180. The first-order valence-corrected chi connectivity index (χ1v) is 9.03. The summed E-state index contributed by atoms with van der Waals surface area (Å²) in [7, 11) is 0. The number of nitrogens with two attached hydrogens (primary N) is 1. The summed E-state index contributed by atoms with van der Waals surface area (Å²) in [5, 5.41) is 3.09. The predicted molar refractivity (Wildman–Crippen MR) is 106 cm³/mol. The minimum Gasteiger partial charge on any atom is -0.461 e. The molecule has 0 saturated carbocycles. The number of carbonyl (C=O) groups is 1. The Morgan fingerprint density at radius 1 is 1.08 bits per heavy atom. The number of rotatable bonds is 9. The summed E-state index contributed by atoms with van der Waals surface area (Å²) < 4.78 is 5.24. The zero-order valence-electron chi connectivity index (χ0n) is 15.3. The van der Waals surface area contributed by atoms with Gasteiger partial charge in [0.2, 0.25) is 0 Å². The number of carbonyl (C=O) groups excluding carboxylic acids is 1. The second-order valence-corrected chi connectivity index (χ2v) is 6.05. The highest BCUT2D eigenvalue weighted by Crippen LogP contribution is 2.10. The maximum Gasteiger partial charge on any atom is 0.306 e. The summed E-state index contributed by atoms with van der Waals surface area (Å²) in [4.78, 5) is 16.0. The molecule has 0 aliphatic heterocycles. The number of hydrogen-bond donors (Lipinski definition) is 2. The molecule has 0 unspecified atom stereocenters. The number of aliphatic imine (C=N–C) groups is 1. The van der Waals surface area contributed by atoms with Crippen molar-refractivity contribution in [3.8, 4) is 0 Å². The lowest BCUT2D eigenvalue weighted by molar-refractivity contribution is -0.145. The number of aryl methyl sites for hydroxylation is 1. The van der Waals surface area contributed by atoms with Crippen LogP contribution >= 0.6 is 0 Å². The van der Waals surface area contributed by atoms with Gasteiger partial charge in [0.25, 0.3) is 0 Å². The zero-order chi connectivity index (χ0) is 18.6. The molecule has 0 spiro atoms. The Balaban J connectivity index is 1.61. The summed E-state index contributed by atoms with van der Waals surface area (Å²) in [6.45, 7) is 3.02. The molecule has 5 heteroatoms. The van der Waals surface area contributed by atoms with E-state index in [1.165, 1.54) is 5.56 Å². The second kappa shape index (κ2) is 10.9. The van der Waals surface area contributed by atoms with Gasteiger partial charge in [-0.3, -0.25) is 9.79 Å². The van der Waals surface area contributed by atoms with Crippen LogP contribution in [0.25, 0.3) is 0 Å². The van der Waals surface area contributed by atoms with Crippen molar-refractivity contribution < 1.29 is 9.53 Å². The second-order valence-electron chi connectivity index (χ2n) is 6.05. The Bertz CT molecular complexity index is 714. The largest absolute Gasteiger partial charge is 0.461 e. The topological polar surface area (TPSA) is 76.7 Å². The standard InChI is InChI=1S/C21H27N3O2/c1-2-17-11-8-12-19(15-17)24-21(22)23-14-7-6-13-20(25)26-16-18-9-4-3-5-10-18/h3-5,8-12,15H,2,6-7,13-14,16H2,1H3,(H3,22,23,24). The van der Waals surface area contributed by atoms with Gasteiger partial charge in [0.05, 0.1) is 0 Å². The van der Waals surface area contributed by atoms with E-state index >= 15 is 0 Å². The molecular weight excluding hydrogens is 326 g/mol. The molecule has 3 N–H and O–H groups in total. The fourth-order valence-electron chi connectivity index (χ4n) is 2.45. The van der Waals surface area contributed by atoms with E-state index < -0.39 is 0 Å². The Morgan fingerprint density at radius 3 is 2.62 bits per heavy atom. The highest BCUT2D eigenvalue weighted by molar-refractivity contribution is 5.92. The molecule has 0 heterocycles. The molecule has 0 atom stereocenters. The fraction of sp³-hybridized carbons (Fsp3) is 0.333. The highest BCUT2D eigenvalue weighted by Gasteiger charge is 2.03. The van der Waals surface area contributed by atoms with Crippen LogP contribution < -0.4 is 11.1 Å². The third-order valence-electron chi connectivity index (χ3n) is 3.92. The van der Waals surface area contributed by atoms with E-state index in [1.54, 1.807) is 0 Å². The number of esters is 1. The number of hydrogen-bond acceptors (Lipinski definition) is 3. The smallest absolute Gasteiger partial charge is 0.306 e. The molecule has 0 aromatic heterocycles. The van der Waals surface area contributed by atoms with Crippen LogP contribution in [0.5, 0.6) is 0 Å². The Labute approximate surface area is 155 Å². The van der Waals surface area contributed by atoms with Crippen molar-refractivity contribution in [2.75, 3.05) is 11.9 Å². The molecule has 0 radical (unpaired) electrons. The van der Waals surface area contributed by atoms with Gasteiger partial charge in [-0.1, -0.05) is 49.4 Å². The van der Waals surface area contributed by atoms with Gasteiger partial charge >= 0.3 is 5.97 Å². The van der Waals surface area contributed by atoms with Gasteiger partial charge in [0.15, 0.2) is 5.96 Å². The number of unbranched alkanes of at least 4 members (excludes halogenated alkanes) is 1. The molecule has 0 saturated heterocycles. The Morgan fingerprint density at radius 2 is 1.85 bits per heavy atom. The first-order chi connectivity index (χ1) is 12.7. The number of guanidine groups is 1. The van der Waals surface area contributed by atoms with Crippen LogP contribution in [0.3, 0.4) is 0 Å². The van der Waals surface area contributed by atoms with Crippen molar-refractivity contribution in [2.45, 2.75) is 39.2 Å². The van der Waals surface area contributed by atoms with Crippen LogP contribution in [-0.4, -0.2) is 18.5 Å². The third-order valence-corrected chi connectivity index (χ3v) is 3.92. The van der Waals surface area contributed by atoms with Crippen LogP contribution in [0, 0.1) is 0 Å². The van der Waals surface area contributed by atoms with E-state index in [2.05, 4.69) is 29.4 Å². The van der Waals surface area contributed by atoms with E-state index in [0.717, 1.165) is 30.5 Å². The van der Waals surface area contributed by atoms with Crippen LogP contribution in [0.2, 0.25) is 0 Å². The monoisotopic (exact) mass is 353 g/mol. The molecular formula is C21H27N3O2. The molecule has 0 bridgehead atoms. The summed E-state index contributed by atoms with van der Waals surface area (Å²) in [6.07, 6.45) is 2.90. The van der Waals surface area contributed by atoms with Crippen molar-refractivity contribution in [2.24, 2.45) is 10.7 Å². The first kappa shape index (κ1) is 19.5. The number of ether oxygens (including phenoxy) is 1. The minimum atomic E-state index is -0.180. The zero-order valence-corrected chi connectivity index (χ0v) is 15.3. The highest BCUT2D eigenvalue weighted by atomic mass is 16.5. The quantitative estimate of drug-likeness (QED) is 0.310. The lowest BCUT2D eigenvalue weighted by atomic mass is 10.1. The van der Waals surface area contributed by atoms with E-state index in [-0.39, 0.29) is 5.97 Å². The lowest BCUT2D eigenvalue weighted by Gasteiger charge is -2.07. The van der Waals surface area contributed by atoms with E-state index in [1.807, 2.05) is 42.5 Å². The van der Waals surface area contributed by atoms with Crippen molar-refractivity contribution in [1.82, 2.24) is 0 Å². The molecule has 0 aliphatic rings. The molecule has 26 heavy (non-hydrogen) atoms. The Kier molecular flexibility index (Phi) is 8.19. The van der Waals surface area contributed by atoms with Gasteiger partial charge in [-0.2, -0.15) is 0 Å². The van der Waals surface area contributed by atoms with Crippen molar-refractivity contribution in [3.63, 3.8) is 0 Å². The normalized spacial score (nSPS) is 11.2. The first-order valence-electron chi connectivity index (χ1n) is 9.03. The molecule has 2 aromatic carbocycles. The fourth-order valence-corrected chi connectivity index (χ4v) is 2.45. The Hall–Kier alpha value is -2.82. The summed E-state index contributed by atoms with van der Waals surface area (Å²) in [6, 6.07) is 17.8. The van der Waals surface area contributed by atoms with Crippen molar-refractivity contribution >= 4 is 17.6 Å². The number of nitrogens with one attached hydrogen (secondary N) is 1. The molecule has 138 valence electrons. The van der Waals surface area contributed by atoms with Gasteiger partial charge < -0.3 is 15.8 Å². The predicted octanol–water partition coefficient (Wildman–Crippen LogP) is 3.89.